The third kappa shape index (κ3) is 4.76. The number of nitrogens with zero attached hydrogens (tertiary/aromatic N) is 3. The van der Waals surface area contributed by atoms with Crippen molar-refractivity contribution in [1.29, 1.82) is 0 Å². The first kappa shape index (κ1) is 17.3. The lowest BCUT2D eigenvalue weighted by atomic mass is 10.2. The highest BCUT2D eigenvalue weighted by atomic mass is 16.5. The molecule has 7 heteroatoms. The van der Waals surface area contributed by atoms with Crippen LogP contribution in [0.4, 0.5) is 5.69 Å². The van der Waals surface area contributed by atoms with E-state index in [4.69, 9.17) is 9.15 Å². The van der Waals surface area contributed by atoms with Crippen molar-refractivity contribution in [3.05, 3.63) is 66.5 Å². The molecule has 0 aliphatic heterocycles. The van der Waals surface area contributed by atoms with Gasteiger partial charge >= 0.3 is 0 Å². The molecule has 3 rings (SSSR count). The van der Waals surface area contributed by atoms with Gasteiger partial charge < -0.3 is 14.5 Å². The lowest BCUT2D eigenvalue weighted by molar-refractivity contribution is -0.111. The number of hydrogen-bond donors (Lipinski definition) is 1. The first-order valence-electron chi connectivity index (χ1n) is 8.11. The maximum absolute atomic E-state index is 12.1. The summed E-state index contributed by atoms with van der Waals surface area (Å²) in [5.74, 6) is 1.70. The van der Waals surface area contributed by atoms with Crippen molar-refractivity contribution in [2.24, 2.45) is 0 Å². The standard InChI is InChI=1S/C19H18N4O3/c1-13(2)19-23-22-18(26-19)10-9-16(24)21-14-6-5-7-15(12-14)25-17-8-3-4-11-20-17/h3-13H,1-2H3,(H,21,24). The van der Waals surface area contributed by atoms with Gasteiger partial charge in [-0.15, -0.1) is 10.2 Å². The van der Waals surface area contributed by atoms with E-state index in [0.717, 1.165) is 0 Å². The molecule has 7 nitrogen and oxygen atoms in total. The van der Waals surface area contributed by atoms with E-state index in [1.165, 1.54) is 12.2 Å². The molecular weight excluding hydrogens is 332 g/mol. The quantitative estimate of drug-likeness (QED) is 0.675. The van der Waals surface area contributed by atoms with Gasteiger partial charge in [-0.3, -0.25) is 4.79 Å². The van der Waals surface area contributed by atoms with E-state index >= 15 is 0 Å². The summed E-state index contributed by atoms with van der Waals surface area (Å²) in [4.78, 5) is 16.2. The smallest absolute Gasteiger partial charge is 0.248 e. The summed E-state index contributed by atoms with van der Waals surface area (Å²) < 4.78 is 11.1. The first-order valence-corrected chi connectivity index (χ1v) is 8.11. The fourth-order valence-corrected chi connectivity index (χ4v) is 2.04. The number of nitrogens with one attached hydrogen (secondary N) is 1. The minimum atomic E-state index is -0.315. The Bertz CT molecular complexity index is 904. The molecule has 132 valence electrons. The van der Waals surface area contributed by atoms with E-state index in [-0.39, 0.29) is 17.7 Å². The van der Waals surface area contributed by atoms with E-state index in [2.05, 4.69) is 20.5 Å². The van der Waals surface area contributed by atoms with E-state index in [1.54, 1.807) is 36.5 Å². The molecule has 0 aliphatic rings. The number of benzene rings is 1. The van der Waals surface area contributed by atoms with Crippen LogP contribution in [0.5, 0.6) is 11.6 Å². The lowest BCUT2D eigenvalue weighted by Gasteiger charge is -2.07. The molecule has 0 radical (unpaired) electrons. The van der Waals surface area contributed by atoms with Crippen molar-refractivity contribution in [3.63, 3.8) is 0 Å². The molecule has 0 fully saturated rings. The van der Waals surface area contributed by atoms with Gasteiger partial charge in [0.2, 0.25) is 23.6 Å². The second-order valence-electron chi connectivity index (χ2n) is 5.75. The van der Waals surface area contributed by atoms with Gasteiger partial charge in [0, 0.05) is 42.1 Å². The minimum Gasteiger partial charge on any atom is -0.439 e. The summed E-state index contributed by atoms with van der Waals surface area (Å²) in [6, 6.07) is 12.4. The summed E-state index contributed by atoms with van der Waals surface area (Å²) in [5, 5.41) is 10.5. The average molecular weight is 350 g/mol. The third-order valence-electron chi connectivity index (χ3n) is 3.29. The van der Waals surface area contributed by atoms with Crippen LogP contribution < -0.4 is 10.1 Å². The van der Waals surface area contributed by atoms with E-state index in [9.17, 15) is 4.79 Å². The van der Waals surface area contributed by atoms with Gasteiger partial charge in [-0.25, -0.2) is 4.98 Å². The second kappa shape index (κ2) is 8.06. The van der Waals surface area contributed by atoms with Crippen molar-refractivity contribution in [1.82, 2.24) is 15.2 Å². The number of carbonyl (C=O) groups excluding carboxylic acids is 1. The second-order valence-corrected chi connectivity index (χ2v) is 5.75. The van der Waals surface area contributed by atoms with Crippen LogP contribution in [0.25, 0.3) is 6.08 Å². The number of anilines is 1. The van der Waals surface area contributed by atoms with E-state index in [0.29, 0.717) is 23.2 Å². The van der Waals surface area contributed by atoms with Crippen LogP contribution in [0.3, 0.4) is 0 Å². The monoisotopic (exact) mass is 350 g/mol. The Kier molecular flexibility index (Phi) is 5.38. The Balaban J connectivity index is 1.62. The number of amides is 1. The highest BCUT2D eigenvalue weighted by molar-refractivity contribution is 6.01. The Morgan fingerprint density at radius 1 is 1.19 bits per heavy atom. The largest absolute Gasteiger partial charge is 0.439 e. The number of rotatable bonds is 6. The summed E-state index contributed by atoms with van der Waals surface area (Å²) in [7, 11) is 0. The number of hydrogen-bond acceptors (Lipinski definition) is 6. The SMILES string of the molecule is CC(C)c1nnc(C=CC(=O)Nc2cccc(Oc3ccccn3)c2)o1. The van der Waals surface area contributed by atoms with Crippen LogP contribution >= 0.6 is 0 Å². The zero-order valence-corrected chi connectivity index (χ0v) is 14.4. The van der Waals surface area contributed by atoms with Crippen molar-refractivity contribution < 1.29 is 13.9 Å². The van der Waals surface area contributed by atoms with Crippen LogP contribution in [0.2, 0.25) is 0 Å². The third-order valence-corrected chi connectivity index (χ3v) is 3.29. The van der Waals surface area contributed by atoms with Gasteiger partial charge in [0.15, 0.2) is 0 Å². The van der Waals surface area contributed by atoms with Crippen molar-refractivity contribution >= 4 is 17.7 Å². The molecule has 2 heterocycles. The molecule has 0 spiro atoms. The highest BCUT2D eigenvalue weighted by Crippen LogP contribution is 2.22. The van der Waals surface area contributed by atoms with E-state index < -0.39 is 0 Å². The molecule has 0 unspecified atom stereocenters. The highest BCUT2D eigenvalue weighted by Gasteiger charge is 2.08. The summed E-state index contributed by atoms with van der Waals surface area (Å²) in [6.45, 7) is 3.90. The molecule has 26 heavy (non-hydrogen) atoms. The number of aromatic nitrogens is 3. The minimum absolute atomic E-state index is 0.139. The van der Waals surface area contributed by atoms with Gasteiger partial charge in [-0.05, 0) is 18.2 Å². The molecule has 0 aliphatic carbocycles. The molecule has 0 saturated carbocycles. The zero-order valence-electron chi connectivity index (χ0n) is 14.4. The zero-order chi connectivity index (χ0) is 18.4. The maximum Gasteiger partial charge on any atom is 0.248 e. The predicted molar refractivity (Wildman–Crippen MR) is 96.8 cm³/mol. The maximum atomic E-state index is 12.1. The number of ether oxygens (including phenoxy) is 1. The molecular formula is C19H18N4O3. The normalized spacial score (nSPS) is 11.0. The van der Waals surface area contributed by atoms with E-state index in [1.807, 2.05) is 26.0 Å². The van der Waals surface area contributed by atoms with Crippen LogP contribution in [-0.4, -0.2) is 21.1 Å². The molecule has 2 aromatic heterocycles. The van der Waals surface area contributed by atoms with Gasteiger partial charge in [-0.1, -0.05) is 26.0 Å². The van der Waals surface area contributed by atoms with Gasteiger partial charge in [0.05, 0.1) is 0 Å². The lowest BCUT2D eigenvalue weighted by Crippen LogP contribution is -2.07. The molecule has 1 aromatic carbocycles. The van der Waals surface area contributed by atoms with Crippen LogP contribution in [0, 0.1) is 0 Å². The predicted octanol–water partition coefficient (Wildman–Crippen LogP) is 4.03. The van der Waals surface area contributed by atoms with Crippen LogP contribution in [-0.2, 0) is 4.79 Å². The Morgan fingerprint density at radius 3 is 2.81 bits per heavy atom. The molecule has 1 N–H and O–H groups in total. The van der Waals surface area contributed by atoms with Crippen molar-refractivity contribution in [2.75, 3.05) is 5.32 Å². The average Bonchev–Trinajstić information content (AvgIpc) is 3.11. The summed E-state index contributed by atoms with van der Waals surface area (Å²) >= 11 is 0. The molecule has 1 amide bonds. The molecule has 0 atom stereocenters. The van der Waals surface area contributed by atoms with Gasteiger partial charge in [0.25, 0.3) is 0 Å². The Labute approximate surface area is 150 Å². The van der Waals surface area contributed by atoms with Crippen molar-refractivity contribution in [2.45, 2.75) is 19.8 Å². The number of pyridine rings is 1. The topological polar surface area (TPSA) is 90.1 Å². The first-order chi connectivity index (χ1) is 12.6. The van der Waals surface area contributed by atoms with Crippen molar-refractivity contribution in [3.8, 4) is 11.6 Å². The Hall–Kier alpha value is -3.48. The van der Waals surface area contributed by atoms with Crippen LogP contribution in [0.15, 0.2) is 59.2 Å². The molecule has 0 bridgehead atoms. The summed E-state index contributed by atoms with van der Waals surface area (Å²) in [6.07, 6.45) is 4.46. The molecule has 0 saturated heterocycles. The fraction of sp³-hybridized carbons (Fsp3) is 0.158. The van der Waals surface area contributed by atoms with Gasteiger partial charge in [-0.2, -0.15) is 0 Å². The summed E-state index contributed by atoms with van der Waals surface area (Å²) in [5.41, 5.74) is 0.599. The van der Waals surface area contributed by atoms with Crippen LogP contribution in [0.1, 0.15) is 31.5 Å². The number of carbonyl (C=O) groups is 1. The Morgan fingerprint density at radius 2 is 2.08 bits per heavy atom. The fourth-order valence-electron chi connectivity index (χ4n) is 2.04. The molecule has 3 aromatic rings. The van der Waals surface area contributed by atoms with Gasteiger partial charge in [0.1, 0.15) is 5.75 Å².